The van der Waals surface area contributed by atoms with Gasteiger partial charge in [0.15, 0.2) is 0 Å². The summed E-state index contributed by atoms with van der Waals surface area (Å²) in [4.78, 5) is 0. The molecular weight excluding hydrogens is 112 g/mol. The van der Waals surface area contributed by atoms with Gasteiger partial charge in [0, 0.05) is 6.61 Å². The fourth-order valence-electron chi connectivity index (χ4n) is 0.520. The zero-order valence-electron chi connectivity index (χ0n) is 5.67. The fourth-order valence-corrected chi connectivity index (χ4v) is 0.520. The van der Waals surface area contributed by atoms with Crippen LogP contribution in [0.5, 0.6) is 0 Å². The molecule has 0 heterocycles. The van der Waals surface area contributed by atoms with Crippen LogP contribution in [0, 0.1) is 18.3 Å². The number of rotatable bonds is 3. The van der Waals surface area contributed by atoms with Crippen molar-refractivity contribution in [3.63, 3.8) is 0 Å². The van der Waals surface area contributed by atoms with Gasteiger partial charge in [-0.1, -0.05) is 18.9 Å². The van der Waals surface area contributed by atoms with E-state index in [1.54, 1.807) is 6.08 Å². The average Bonchev–Trinajstić information content (AvgIpc) is 1.85. The minimum atomic E-state index is 0.232. The number of hydrogen-bond acceptors (Lipinski definition) is 1. The van der Waals surface area contributed by atoms with Crippen molar-refractivity contribution in [2.75, 3.05) is 6.61 Å². The second kappa shape index (κ2) is 5.40. The summed E-state index contributed by atoms with van der Waals surface area (Å²) in [5.74, 6) is 2.79. The Hall–Kier alpha value is -0.740. The average molecular weight is 124 g/mol. The summed E-state index contributed by atoms with van der Waals surface area (Å²) in [5.41, 5.74) is 0. The van der Waals surface area contributed by atoms with Crippen molar-refractivity contribution in [1.29, 1.82) is 0 Å². The smallest absolute Gasteiger partial charge is 0.0436 e. The molecule has 0 amide bonds. The summed E-state index contributed by atoms with van der Waals surface area (Å²) in [7, 11) is 0. The van der Waals surface area contributed by atoms with Gasteiger partial charge in [-0.15, -0.1) is 6.42 Å². The molecule has 1 heteroatoms. The van der Waals surface area contributed by atoms with Crippen LogP contribution >= 0.6 is 0 Å². The van der Waals surface area contributed by atoms with Crippen molar-refractivity contribution in [2.45, 2.75) is 13.3 Å². The summed E-state index contributed by atoms with van der Waals surface area (Å²) in [6, 6.07) is 0. The Morgan fingerprint density at radius 3 is 2.89 bits per heavy atom. The summed E-state index contributed by atoms with van der Waals surface area (Å²) in [6.07, 6.45) is 9.34. The molecule has 0 spiro atoms. The third-order valence-corrected chi connectivity index (χ3v) is 1.11. The lowest BCUT2D eigenvalue weighted by Gasteiger charge is -1.99. The van der Waals surface area contributed by atoms with E-state index in [-0.39, 0.29) is 6.61 Å². The lowest BCUT2D eigenvalue weighted by Crippen LogP contribution is -1.92. The van der Waals surface area contributed by atoms with Crippen molar-refractivity contribution >= 4 is 0 Å². The maximum absolute atomic E-state index is 8.45. The first-order valence-electron chi connectivity index (χ1n) is 3.05. The molecule has 0 bridgehead atoms. The van der Waals surface area contributed by atoms with Gasteiger partial charge in [0.25, 0.3) is 0 Å². The van der Waals surface area contributed by atoms with Gasteiger partial charge in [0.1, 0.15) is 0 Å². The number of allylic oxidation sites excluding steroid dienone is 2. The van der Waals surface area contributed by atoms with Gasteiger partial charge in [-0.3, -0.25) is 0 Å². The third-order valence-electron chi connectivity index (χ3n) is 1.11. The first-order chi connectivity index (χ1) is 4.31. The van der Waals surface area contributed by atoms with E-state index < -0.39 is 0 Å². The summed E-state index contributed by atoms with van der Waals surface area (Å²) in [6.45, 7) is 2.25. The predicted molar refractivity (Wildman–Crippen MR) is 38.8 cm³/mol. The molecule has 0 aromatic rings. The second-order valence-corrected chi connectivity index (χ2v) is 2.02. The molecule has 1 unspecified atom stereocenters. The van der Waals surface area contributed by atoms with Crippen molar-refractivity contribution in [3.8, 4) is 12.3 Å². The number of aliphatic hydroxyl groups excluding tert-OH is 1. The van der Waals surface area contributed by atoms with Gasteiger partial charge < -0.3 is 5.11 Å². The van der Waals surface area contributed by atoms with Crippen LogP contribution in [0.15, 0.2) is 12.2 Å². The lowest BCUT2D eigenvalue weighted by atomic mass is 10.1. The first kappa shape index (κ1) is 8.26. The van der Waals surface area contributed by atoms with E-state index in [4.69, 9.17) is 11.5 Å². The first-order valence-corrected chi connectivity index (χ1v) is 3.05. The summed E-state index contributed by atoms with van der Waals surface area (Å²) < 4.78 is 0. The second-order valence-electron chi connectivity index (χ2n) is 2.02. The van der Waals surface area contributed by atoms with Crippen LogP contribution in [-0.4, -0.2) is 11.7 Å². The van der Waals surface area contributed by atoms with Gasteiger partial charge in [0.2, 0.25) is 0 Å². The predicted octanol–water partition coefficient (Wildman–Crippen LogP) is 1.19. The van der Waals surface area contributed by atoms with Gasteiger partial charge in [-0.25, -0.2) is 0 Å². The molecule has 0 aliphatic rings. The molecule has 1 N–H and O–H groups in total. The van der Waals surface area contributed by atoms with Gasteiger partial charge in [0.05, 0.1) is 0 Å². The summed E-state index contributed by atoms with van der Waals surface area (Å²) >= 11 is 0. The molecule has 0 fully saturated rings. The largest absolute Gasteiger partial charge is 0.396 e. The molecule has 0 aromatic carbocycles. The van der Waals surface area contributed by atoms with Crippen molar-refractivity contribution < 1.29 is 5.11 Å². The monoisotopic (exact) mass is 124 g/mol. The van der Waals surface area contributed by atoms with Crippen molar-refractivity contribution in [1.82, 2.24) is 0 Å². The highest BCUT2D eigenvalue weighted by atomic mass is 16.2. The molecule has 1 atom stereocenters. The molecule has 0 rings (SSSR count). The molecule has 0 radical (unpaired) electrons. The van der Waals surface area contributed by atoms with Gasteiger partial charge in [-0.05, 0) is 18.4 Å². The Labute approximate surface area is 56.4 Å². The highest BCUT2D eigenvalue weighted by Gasteiger charge is 1.91. The van der Waals surface area contributed by atoms with E-state index in [1.807, 2.05) is 13.0 Å². The molecule has 0 saturated heterocycles. The standard InChI is InChI=1S/C8H12O/c1-3-4-5-8(2)6-7-9/h1,4-5,8-9H,6-7H2,2H3. The van der Waals surface area contributed by atoms with Crippen LogP contribution in [0.1, 0.15) is 13.3 Å². The Balaban J connectivity index is 3.39. The third kappa shape index (κ3) is 5.13. The minimum absolute atomic E-state index is 0.232. The fraction of sp³-hybridized carbons (Fsp3) is 0.500. The normalized spacial score (nSPS) is 13.4. The molecule has 0 aliphatic carbocycles. The van der Waals surface area contributed by atoms with Crippen LogP contribution in [0.4, 0.5) is 0 Å². The quantitative estimate of drug-likeness (QED) is 0.560. The van der Waals surface area contributed by atoms with E-state index in [9.17, 15) is 0 Å². The maximum Gasteiger partial charge on any atom is 0.0436 e. The molecular formula is C8H12O. The lowest BCUT2D eigenvalue weighted by molar-refractivity contribution is 0.274. The maximum atomic E-state index is 8.45. The van der Waals surface area contributed by atoms with Crippen molar-refractivity contribution in [3.05, 3.63) is 12.2 Å². The summed E-state index contributed by atoms with van der Waals surface area (Å²) in [5, 5.41) is 8.45. The molecule has 0 saturated carbocycles. The van der Waals surface area contributed by atoms with Gasteiger partial charge >= 0.3 is 0 Å². The highest BCUT2D eigenvalue weighted by Crippen LogP contribution is 2.00. The SMILES string of the molecule is C#CC=CC(C)CCO. The minimum Gasteiger partial charge on any atom is -0.396 e. The zero-order chi connectivity index (χ0) is 7.11. The zero-order valence-corrected chi connectivity index (χ0v) is 5.67. The van der Waals surface area contributed by atoms with Crippen LogP contribution in [0.3, 0.4) is 0 Å². The number of hydrogen-bond donors (Lipinski definition) is 1. The van der Waals surface area contributed by atoms with E-state index >= 15 is 0 Å². The van der Waals surface area contributed by atoms with Crippen LogP contribution < -0.4 is 0 Å². The topological polar surface area (TPSA) is 20.2 Å². The molecule has 0 aliphatic heterocycles. The number of terminal acetylenes is 1. The molecule has 50 valence electrons. The molecule has 1 nitrogen and oxygen atoms in total. The number of aliphatic hydroxyl groups is 1. The van der Waals surface area contributed by atoms with E-state index in [2.05, 4.69) is 5.92 Å². The van der Waals surface area contributed by atoms with E-state index in [1.165, 1.54) is 0 Å². The Morgan fingerprint density at radius 2 is 2.44 bits per heavy atom. The Bertz CT molecular complexity index is 119. The van der Waals surface area contributed by atoms with Gasteiger partial charge in [-0.2, -0.15) is 0 Å². The Kier molecular flexibility index (Phi) is 4.95. The highest BCUT2D eigenvalue weighted by molar-refractivity contribution is 5.09. The molecule has 0 aromatic heterocycles. The molecule has 9 heavy (non-hydrogen) atoms. The van der Waals surface area contributed by atoms with Crippen LogP contribution in [0.25, 0.3) is 0 Å². The van der Waals surface area contributed by atoms with E-state index in [0.29, 0.717) is 5.92 Å². The Morgan fingerprint density at radius 1 is 1.78 bits per heavy atom. The van der Waals surface area contributed by atoms with Crippen LogP contribution in [-0.2, 0) is 0 Å². The van der Waals surface area contributed by atoms with E-state index in [0.717, 1.165) is 6.42 Å². The van der Waals surface area contributed by atoms with Crippen molar-refractivity contribution in [2.24, 2.45) is 5.92 Å². The van der Waals surface area contributed by atoms with Crippen LogP contribution in [0.2, 0.25) is 0 Å².